The summed E-state index contributed by atoms with van der Waals surface area (Å²) in [6, 6.07) is 13.9. The van der Waals surface area contributed by atoms with Crippen LogP contribution in [0.4, 0.5) is 0 Å². The van der Waals surface area contributed by atoms with Crippen LogP contribution in [0.25, 0.3) is 5.69 Å². The Balaban J connectivity index is 2.00. The molecular formula is C19H22N4O2. The van der Waals surface area contributed by atoms with E-state index in [9.17, 15) is 4.79 Å². The second-order valence-electron chi connectivity index (χ2n) is 5.82. The first-order valence-electron chi connectivity index (χ1n) is 8.46. The first-order chi connectivity index (χ1) is 12.2. The van der Waals surface area contributed by atoms with E-state index in [4.69, 9.17) is 4.74 Å². The first kappa shape index (κ1) is 17.0. The van der Waals surface area contributed by atoms with Crippen molar-refractivity contribution in [2.75, 3.05) is 0 Å². The molecule has 1 heterocycles. The maximum atomic E-state index is 12.3. The van der Waals surface area contributed by atoms with Gasteiger partial charge in [0.2, 0.25) is 0 Å². The number of benzene rings is 2. The van der Waals surface area contributed by atoms with Crippen molar-refractivity contribution < 1.29 is 4.74 Å². The van der Waals surface area contributed by atoms with Gasteiger partial charge in [0.1, 0.15) is 12.4 Å². The Labute approximate surface area is 146 Å². The molecule has 1 aromatic heterocycles. The zero-order chi connectivity index (χ0) is 17.8. The van der Waals surface area contributed by atoms with Crippen LogP contribution in [0.1, 0.15) is 30.5 Å². The molecule has 0 spiro atoms. The summed E-state index contributed by atoms with van der Waals surface area (Å²) in [6.07, 6.45) is 1.75. The van der Waals surface area contributed by atoms with E-state index >= 15 is 0 Å². The number of hydrogen-bond donors (Lipinski definition) is 0. The average Bonchev–Trinajstić information content (AvgIpc) is 2.98. The maximum absolute atomic E-state index is 12.3. The first-order valence-corrected chi connectivity index (χ1v) is 8.46. The Morgan fingerprint density at radius 1 is 0.960 bits per heavy atom. The normalized spacial score (nSPS) is 10.8. The van der Waals surface area contributed by atoms with Gasteiger partial charge >= 0.3 is 5.69 Å². The molecule has 25 heavy (non-hydrogen) atoms. The molecule has 6 nitrogen and oxygen atoms in total. The molecule has 0 saturated heterocycles. The van der Waals surface area contributed by atoms with Gasteiger partial charge in [-0.2, -0.15) is 9.36 Å². The molecule has 3 aromatic rings. The Hall–Kier alpha value is -2.89. The number of tetrazole rings is 1. The van der Waals surface area contributed by atoms with Gasteiger partial charge < -0.3 is 4.74 Å². The summed E-state index contributed by atoms with van der Waals surface area (Å²) in [5.41, 5.74) is 3.69. The molecule has 0 N–H and O–H groups in total. The molecule has 0 aliphatic rings. The van der Waals surface area contributed by atoms with Crippen molar-refractivity contribution in [2.24, 2.45) is 7.05 Å². The third kappa shape index (κ3) is 3.33. The van der Waals surface area contributed by atoms with Crippen LogP contribution in [0.2, 0.25) is 0 Å². The molecule has 2 aromatic carbocycles. The fraction of sp³-hybridized carbons (Fsp3) is 0.316. The molecule has 0 unspecified atom stereocenters. The zero-order valence-electron chi connectivity index (χ0n) is 14.8. The van der Waals surface area contributed by atoms with Crippen LogP contribution in [0.3, 0.4) is 0 Å². The van der Waals surface area contributed by atoms with E-state index in [1.54, 1.807) is 7.05 Å². The van der Waals surface area contributed by atoms with Gasteiger partial charge in [0.05, 0.1) is 5.69 Å². The smallest absolute Gasteiger partial charge is 0.368 e. The molecule has 130 valence electrons. The van der Waals surface area contributed by atoms with E-state index in [0.29, 0.717) is 12.3 Å². The van der Waals surface area contributed by atoms with Crippen molar-refractivity contribution in [1.82, 2.24) is 19.8 Å². The van der Waals surface area contributed by atoms with Gasteiger partial charge in [-0.05, 0) is 46.5 Å². The number of rotatable bonds is 6. The molecule has 0 atom stereocenters. The zero-order valence-corrected chi connectivity index (χ0v) is 14.8. The van der Waals surface area contributed by atoms with Crippen molar-refractivity contribution in [2.45, 2.75) is 33.3 Å². The van der Waals surface area contributed by atoms with Gasteiger partial charge in [0.15, 0.2) is 0 Å². The van der Waals surface area contributed by atoms with Crippen LogP contribution in [-0.2, 0) is 26.5 Å². The number of aryl methyl sites for hydroxylation is 3. The van der Waals surface area contributed by atoms with E-state index < -0.39 is 0 Å². The molecule has 0 aliphatic heterocycles. The average molecular weight is 338 g/mol. The number of ether oxygens (including phenoxy) is 1. The summed E-state index contributed by atoms with van der Waals surface area (Å²) in [4.78, 5) is 12.3. The Kier molecular flexibility index (Phi) is 4.97. The molecule has 3 rings (SSSR count). The third-order valence-electron chi connectivity index (χ3n) is 4.30. The predicted molar refractivity (Wildman–Crippen MR) is 96.1 cm³/mol. The van der Waals surface area contributed by atoms with Gasteiger partial charge in [0, 0.05) is 12.6 Å². The molecule has 0 bridgehead atoms. The van der Waals surface area contributed by atoms with E-state index in [0.717, 1.165) is 35.3 Å². The van der Waals surface area contributed by atoms with Gasteiger partial charge in [-0.3, -0.25) is 0 Å². The monoisotopic (exact) mass is 338 g/mol. The van der Waals surface area contributed by atoms with Crippen LogP contribution < -0.4 is 10.4 Å². The van der Waals surface area contributed by atoms with Crippen LogP contribution >= 0.6 is 0 Å². The van der Waals surface area contributed by atoms with Crippen LogP contribution in [0.5, 0.6) is 5.75 Å². The highest BCUT2D eigenvalue weighted by molar-refractivity contribution is 5.45. The Bertz CT molecular complexity index is 927. The molecule has 0 aliphatic carbocycles. The highest BCUT2D eigenvalue weighted by Crippen LogP contribution is 2.23. The van der Waals surface area contributed by atoms with Gasteiger partial charge in [-0.25, -0.2) is 4.79 Å². The van der Waals surface area contributed by atoms with Crippen molar-refractivity contribution in [3.8, 4) is 11.4 Å². The van der Waals surface area contributed by atoms with Crippen molar-refractivity contribution >= 4 is 0 Å². The van der Waals surface area contributed by atoms with Crippen LogP contribution in [-0.4, -0.2) is 19.8 Å². The molecule has 0 radical (unpaired) electrons. The SMILES string of the molecule is CCc1ccccc1OCc1c(CC)cccc1-n1nnn(C)c1=O. The number of hydrogen-bond acceptors (Lipinski definition) is 4. The van der Waals surface area contributed by atoms with E-state index in [2.05, 4.69) is 36.4 Å². The number of aromatic nitrogens is 4. The van der Waals surface area contributed by atoms with Gasteiger partial charge in [-0.15, -0.1) is 0 Å². The minimum Gasteiger partial charge on any atom is -0.489 e. The summed E-state index contributed by atoms with van der Waals surface area (Å²) in [7, 11) is 1.59. The van der Waals surface area contributed by atoms with E-state index in [1.807, 2.05) is 30.3 Å². The lowest BCUT2D eigenvalue weighted by atomic mass is 10.0. The third-order valence-corrected chi connectivity index (χ3v) is 4.30. The van der Waals surface area contributed by atoms with E-state index in [1.165, 1.54) is 9.36 Å². The van der Waals surface area contributed by atoms with Gasteiger partial charge in [-0.1, -0.05) is 44.2 Å². The summed E-state index contributed by atoms with van der Waals surface area (Å²) in [5, 5.41) is 7.78. The predicted octanol–water partition coefficient (Wildman–Crippen LogP) is 2.67. The Morgan fingerprint density at radius 2 is 1.68 bits per heavy atom. The van der Waals surface area contributed by atoms with Crippen molar-refractivity contribution in [3.63, 3.8) is 0 Å². The molecule has 0 fully saturated rings. The Morgan fingerprint density at radius 3 is 2.36 bits per heavy atom. The highest BCUT2D eigenvalue weighted by atomic mass is 16.5. The van der Waals surface area contributed by atoms with Crippen LogP contribution in [0, 0.1) is 0 Å². The summed E-state index contributed by atoms with van der Waals surface area (Å²) >= 11 is 0. The van der Waals surface area contributed by atoms with Gasteiger partial charge in [0.25, 0.3) is 0 Å². The molecule has 6 heteroatoms. The summed E-state index contributed by atoms with van der Waals surface area (Å²) < 4.78 is 8.64. The highest BCUT2D eigenvalue weighted by Gasteiger charge is 2.15. The van der Waals surface area contributed by atoms with E-state index in [-0.39, 0.29) is 5.69 Å². The molecule has 0 amide bonds. The lowest BCUT2D eigenvalue weighted by Crippen LogP contribution is -2.23. The maximum Gasteiger partial charge on any atom is 0.368 e. The fourth-order valence-electron chi connectivity index (χ4n) is 2.87. The topological polar surface area (TPSA) is 61.9 Å². The number of nitrogens with zero attached hydrogens (tertiary/aromatic N) is 4. The van der Waals surface area contributed by atoms with Crippen molar-refractivity contribution in [3.05, 3.63) is 69.6 Å². The summed E-state index contributed by atoms with van der Waals surface area (Å²) in [5.74, 6) is 0.869. The second-order valence-corrected chi connectivity index (χ2v) is 5.82. The number of para-hydroxylation sites is 1. The quantitative estimate of drug-likeness (QED) is 0.693. The second kappa shape index (κ2) is 7.34. The van der Waals surface area contributed by atoms with Crippen LogP contribution in [0.15, 0.2) is 47.3 Å². The molecule has 0 saturated carbocycles. The minimum atomic E-state index is -0.275. The lowest BCUT2D eigenvalue weighted by molar-refractivity contribution is 0.301. The summed E-state index contributed by atoms with van der Waals surface area (Å²) in [6.45, 7) is 4.56. The largest absolute Gasteiger partial charge is 0.489 e. The van der Waals surface area contributed by atoms with Crippen molar-refractivity contribution in [1.29, 1.82) is 0 Å². The minimum absolute atomic E-state index is 0.275. The fourth-order valence-corrected chi connectivity index (χ4v) is 2.87. The lowest BCUT2D eigenvalue weighted by Gasteiger charge is -2.15. The standard InChI is InChI=1S/C19H22N4O2/c1-4-14-10-8-11-17(23-19(24)22(3)20-21-23)16(14)13-25-18-12-7-6-9-15(18)5-2/h6-12H,4-5,13H2,1-3H3. The molecular weight excluding hydrogens is 316 g/mol.